The van der Waals surface area contributed by atoms with Gasteiger partial charge in [0.25, 0.3) is 0 Å². The molecule has 9 heteroatoms. The van der Waals surface area contributed by atoms with Crippen LogP contribution in [0.15, 0.2) is 54.7 Å². The van der Waals surface area contributed by atoms with E-state index in [4.69, 9.17) is 5.26 Å². The molecule has 0 bridgehead atoms. The van der Waals surface area contributed by atoms with Gasteiger partial charge in [-0.05, 0) is 48.5 Å². The number of anilines is 4. The van der Waals surface area contributed by atoms with Crippen molar-refractivity contribution < 1.29 is 17.6 Å². The Morgan fingerprint density at radius 1 is 1.04 bits per heavy atom. The van der Waals surface area contributed by atoms with Crippen LogP contribution in [0.3, 0.4) is 0 Å². The van der Waals surface area contributed by atoms with Crippen LogP contribution in [0.2, 0.25) is 0 Å². The molecule has 0 radical (unpaired) electrons. The number of halogens is 4. The second-order valence-corrected chi connectivity index (χ2v) is 5.78. The van der Waals surface area contributed by atoms with E-state index in [2.05, 4.69) is 15.3 Å². The van der Waals surface area contributed by atoms with Gasteiger partial charge in [-0.25, -0.2) is 9.37 Å². The molecular formula is C19H13F4N5. The van der Waals surface area contributed by atoms with Crippen LogP contribution in [0.4, 0.5) is 40.7 Å². The summed E-state index contributed by atoms with van der Waals surface area (Å²) in [5.74, 6) is -0.947. The van der Waals surface area contributed by atoms with Crippen molar-refractivity contribution in [1.82, 2.24) is 9.97 Å². The minimum Gasteiger partial charge on any atom is -0.340 e. The second kappa shape index (κ2) is 7.52. The van der Waals surface area contributed by atoms with E-state index in [9.17, 15) is 17.6 Å². The Bertz CT molecular complexity index is 1010. The highest BCUT2D eigenvalue weighted by Gasteiger charge is 2.35. The fourth-order valence-corrected chi connectivity index (χ4v) is 2.38. The van der Waals surface area contributed by atoms with Crippen LogP contribution in [-0.2, 0) is 6.18 Å². The Hall–Kier alpha value is -3.67. The van der Waals surface area contributed by atoms with E-state index in [-0.39, 0.29) is 11.6 Å². The van der Waals surface area contributed by atoms with Gasteiger partial charge in [-0.15, -0.1) is 0 Å². The third kappa shape index (κ3) is 4.17. The first-order valence-electron chi connectivity index (χ1n) is 7.98. The molecule has 0 amide bonds. The fourth-order valence-electron chi connectivity index (χ4n) is 2.38. The van der Waals surface area contributed by atoms with Crippen LogP contribution < -0.4 is 10.2 Å². The summed E-state index contributed by atoms with van der Waals surface area (Å²) in [6, 6.07) is 13.3. The zero-order valence-corrected chi connectivity index (χ0v) is 14.5. The van der Waals surface area contributed by atoms with E-state index >= 15 is 0 Å². The van der Waals surface area contributed by atoms with Crippen molar-refractivity contribution in [3.8, 4) is 6.07 Å². The van der Waals surface area contributed by atoms with Crippen LogP contribution in [0, 0.1) is 17.1 Å². The van der Waals surface area contributed by atoms with Crippen molar-refractivity contribution in [2.75, 3.05) is 17.3 Å². The van der Waals surface area contributed by atoms with E-state index in [1.807, 2.05) is 6.07 Å². The second-order valence-electron chi connectivity index (χ2n) is 5.78. The van der Waals surface area contributed by atoms with E-state index in [0.29, 0.717) is 17.4 Å². The molecule has 0 saturated carbocycles. The first-order chi connectivity index (χ1) is 13.3. The van der Waals surface area contributed by atoms with Crippen LogP contribution in [0.1, 0.15) is 11.1 Å². The average Bonchev–Trinajstić information content (AvgIpc) is 2.68. The first-order valence-corrected chi connectivity index (χ1v) is 7.98. The summed E-state index contributed by atoms with van der Waals surface area (Å²) in [5, 5.41) is 11.4. The van der Waals surface area contributed by atoms with Gasteiger partial charge in [0.15, 0.2) is 0 Å². The van der Waals surface area contributed by atoms with Gasteiger partial charge in [0.05, 0.1) is 11.6 Å². The molecule has 1 N–H and O–H groups in total. The largest absolute Gasteiger partial charge is 0.421 e. The highest BCUT2D eigenvalue weighted by molar-refractivity contribution is 5.64. The maximum absolute atomic E-state index is 13.3. The van der Waals surface area contributed by atoms with Crippen molar-refractivity contribution in [2.24, 2.45) is 0 Å². The van der Waals surface area contributed by atoms with E-state index in [1.54, 1.807) is 31.3 Å². The van der Waals surface area contributed by atoms with Crippen molar-refractivity contribution in [3.63, 3.8) is 0 Å². The molecule has 0 fully saturated rings. The van der Waals surface area contributed by atoms with E-state index < -0.39 is 23.4 Å². The predicted octanol–water partition coefficient (Wildman–Crippen LogP) is 5.02. The summed E-state index contributed by atoms with van der Waals surface area (Å²) in [7, 11) is 1.59. The minimum absolute atomic E-state index is 0.0160. The maximum Gasteiger partial charge on any atom is 0.421 e. The lowest BCUT2D eigenvalue weighted by Crippen LogP contribution is -2.17. The van der Waals surface area contributed by atoms with Crippen LogP contribution in [0.25, 0.3) is 0 Å². The molecule has 28 heavy (non-hydrogen) atoms. The molecular weight excluding hydrogens is 374 g/mol. The predicted molar refractivity (Wildman–Crippen MR) is 95.9 cm³/mol. The van der Waals surface area contributed by atoms with Gasteiger partial charge in [-0.1, -0.05) is 0 Å². The molecule has 142 valence electrons. The first kappa shape index (κ1) is 19.1. The molecule has 3 rings (SSSR count). The minimum atomic E-state index is -4.67. The number of nitrogens with one attached hydrogen (secondary N) is 1. The maximum atomic E-state index is 13.3. The summed E-state index contributed by atoms with van der Waals surface area (Å²) >= 11 is 0. The van der Waals surface area contributed by atoms with Gasteiger partial charge in [0.1, 0.15) is 17.2 Å². The lowest BCUT2D eigenvalue weighted by molar-refractivity contribution is -0.137. The highest BCUT2D eigenvalue weighted by atomic mass is 19.4. The summed E-state index contributed by atoms with van der Waals surface area (Å²) < 4.78 is 53.0. The molecule has 0 spiro atoms. The third-order valence-electron chi connectivity index (χ3n) is 3.87. The molecule has 1 aromatic heterocycles. The lowest BCUT2D eigenvalue weighted by Gasteiger charge is -2.20. The smallest absolute Gasteiger partial charge is 0.340 e. The zero-order chi connectivity index (χ0) is 20.3. The SMILES string of the molecule is CN(c1ccc(C#N)cc1)c1ncc(C(F)(F)F)c(Nc2ccc(F)cc2)n1. The molecule has 0 aliphatic heterocycles. The molecule has 1 heterocycles. The fraction of sp³-hybridized carbons (Fsp3) is 0.105. The average molecular weight is 387 g/mol. The monoisotopic (exact) mass is 387 g/mol. The van der Waals surface area contributed by atoms with E-state index in [1.165, 1.54) is 17.0 Å². The van der Waals surface area contributed by atoms with Gasteiger partial charge < -0.3 is 10.2 Å². The topological polar surface area (TPSA) is 64.8 Å². The summed E-state index contributed by atoms with van der Waals surface area (Å²) in [5.41, 5.74) is 0.238. The van der Waals surface area contributed by atoms with Gasteiger partial charge in [0.2, 0.25) is 5.95 Å². The summed E-state index contributed by atoms with van der Waals surface area (Å²) in [6.07, 6.45) is -3.98. The zero-order valence-electron chi connectivity index (χ0n) is 14.5. The van der Waals surface area contributed by atoms with Crippen molar-refractivity contribution in [2.45, 2.75) is 6.18 Å². The van der Waals surface area contributed by atoms with Crippen molar-refractivity contribution in [3.05, 3.63) is 71.7 Å². The Balaban J connectivity index is 1.98. The lowest BCUT2D eigenvalue weighted by atomic mass is 10.2. The third-order valence-corrected chi connectivity index (χ3v) is 3.87. The Morgan fingerprint density at radius 3 is 2.25 bits per heavy atom. The number of aromatic nitrogens is 2. The van der Waals surface area contributed by atoms with Crippen LogP contribution in [0.5, 0.6) is 0 Å². The molecule has 5 nitrogen and oxygen atoms in total. The number of rotatable bonds is 4. The van der Waals surface area contributed by atoms with Gasteiger partial charge >= 0.3 is 6.18 Å². The molecule has 0 saturated heterocycles. The molecule has 0 atom stereocenters. The Morgan fingerprint density at radius 2 is 1.68 bits per heavy atom. The summed E-state index contributed by atoms with van der Waals surface area (Å²) in [4.78, 5) is 9.29. The molecule has 0 unspecified atom stereocenters. The Labute approximate surface area is 157 Å². The molecule has 0 aliphatic carbocycles. The highest BCUT2D eigenvalue weighted by Crippen LogP contribution is 2.36. The van der Waals surface area contributed by atoms with Crippen molar-refractivity contribution >= 4 is 23.1 Å². The van der Waals surface area contributed by atoms with E-state index in [0.717, 1.165) is 12.1 Å². The standard InChI is InChI=1S/C19H13F4N5/c1-28(15-8-2-12(10-24)3-9-15)18-25-11-16(19(21,22)23)17(27-18)26-14-6-4-13(20)5-7-14/h2-9,11H,1H3,(H,25,26,27). The number of nitrogens with zero attached hydrogens (tertiary/aromatic N) is 4. The normalized spacial score (nSPS) is 11.0. The molecule has 2 aromatic carbocycles. The number of hydrogen-bond acceptors (Lipinski definition) is 5. The van der Waals surface area contributed by atoms with Crippen LogP contribution >= 0.6 is 0 Å². The van der Waals surface area contributed by atoms with Gasteiger partial charge in [0, 0.05) is 24.6 Å². The van der Waals surface area contributed by atoms with Gasteiger partial charge in [-0.3, -0.25) is 0 Å². The Kier molecular flexibility index (Phi) is 5.13. The number of alkyl halides is 3. The van der Waals surface area contributed by atoms with Gasteiger partial charge in [-0.2, -0.15) is 23.4 Å². The van der Waals surface area contributed by atoms with Crippen LogP contribution in [-0.4, -0.2) is 17.0 Å². The molecule has 0 aliphatic rings. The quantitative estimate of drug-likeness (QED) is 0.637. The number of benzene rings is 2. The molecule has 3 aromatic rings. The number of hydrogen-bond donors (Lipinski definition) is 1. The summed E-state index contributed by atoms with van der Waals surface area (Å²) in [6.45, 7) is 0. The van der Waals surface area contributed by atoms with Crippen molar-refractivity contribution in [1.29, 1.82) is 5.26 Å². The number of nitriles is 1.